The summed E-state index contributed by atoms with van der Waals surface area (Å²) in [5.74, 6) is 0.166. The van der Waals surface area contributed by atoms with E-state index in [1.807, 2.05) is 6.92 Å². The first-order chi connectivity index (χ1) is 7.99. The summed E-state index contributed by atoms with van der Waals surface area (Å²) in [6.07, 6.45) is 0. The highest BCUT2D eigenvalue weighted by Gasteiger charge is 2.19. The number of aryl methyl sites for hydroxylation is 1. The maximum absolute atomic E-state index is 12.0. The molecule has 6 heteroatoms. The Bertz CT molecular complexity index is 444. The van der Waals surface area contributed by atoms with E-state index < -0.39 is 16.1 Å². The van der Waals surface area contributed by atoms with Gasteiger partial charge < -0.3 is 4.74 Å². The number of methoxy groups -OCH3 is 1. The van der Waals surface area contributed by atoms with Crippen molar-refractivity contribution in [3.63, 3.8) is 0 Å². The van der Waals surface area contributed by atoms with Gasteiger partial charge >= 0.3 is 0 Å². The molecule has 17 heavy (non-hydrogen) atoms. The molecule has 1 aromatic carbocycles. The molecule has 1 aromatic rings. The first-order valence-corrected chi connectivity index (χ1v) is 7.15. The SMILES string of the molecule is COCC(CCl)NS(=O)(=O)c1ccc(C)cc1. The first kappa shape index (κ1) is 14.4. The average molecular weight is 278 g/mol. The van der Waals surface area contributed by atoms with Gasteiger partial charge in [-0.15, -0.1) is 11.6 Å². The van der Waals surface area contributed by atoms with Crippen LogP contribution in [-0.2, 0) is 14.8 Å². The van der Waals surface area contributed by atoms with Crippen LogP contribution in [0.3, 0.4) is 0 Å². The molecule has 1 unspecified atom stereocenters. The summed E-state index contributed by atoms with van der Waals surface area (Å²) in [5, 5.41) is 0. The molecule has 4 nitrogen and oxygen atoms in total. The molecule has 96 valence electrons. The fourth-order valence-corrected chi connectivity index (χ4v) is 2.79. The molecule has 0 fully saturated rings. The van der Waals surface area contributed by atoms with Gasteiger partial charge in [-0.3, -0.25) is 0 Å². The summed E-state index contributed by atoms with van der Waals surface area (Å²) < 4.78 is 31.3. The first-order valence-electron chi connectivity index (χ1n) is 5.13. The van der Waals surface area contributed by atoms with Crippen molar-refractivity contribution in [3.8, 4) is 0 Å². The lowest BCUT2D eigenvalue weighted by molar-refractivity contribution is 0.181. The van der Waals surface area contributed by atoms with Gasteiger partial charge in [0.2, 0.25) is 10.0 Å². The largest absolute Gasteiger partial charge is 0.383 e. The Hall–Kier alpha value is -0.620. The second kappa shape index (κ2) is 6.35. The quantitative estimate of drug-likeness (QED) is 0.803. The highest BCUT2D eigenvalue weighted by molar-refractivity contribution is 7.89. The van der Waals surface area contributed by atoms with E-state index in [2.05, 4.69) is 4.72 Å². The molecule has 0 aliphatic rings. The van der Waals surface area contributed by atoms with Crippen LogP contribution in [0, 0.1) is 6.92 Å². The number of hydrogen-bond acceptors (Lipinski definition) is 3. The topological polar surface area (TPSA) is 55.4 Å². The molecule has 0 aromatic heterocycles. The second-order valence-corrected chi connectivity index (χ2v) is 5.76. The third kappa shape index (κ3) is 4.27. The molecule has 1 rings (SSSR count). The molecular formula is C11H16ClNO3S. The van der Waals surface area contributed by atoms with Crippen LogP contribution in [0.2, 0.25) is 0 Å². The number of sulfonamides is 1. The molecule has 0 spiro atoms. The minimum atomic E-state index is -3.52. The Kier molecular flexibility index (Phi) is 5.39. The van der Waals surface area contributed by atoms with Crippen molar-refractivity contribution >= 4 is 21.6 Å². The number of rotatable bonds is 6. The van der Waals surface area contributed by atoms with E-state index in [4.69, 9.17) is 16.3 Å². The van der Waals surface area contributed by atoms with E-state index in [-0.39, 0.29) is 17.4 Å². The van der Waals surface area contributed by atoms with E-state index in [1.54, 1.807) is 24.3 Å². The van der Waals surface area contributed by atoms with Crippen LogP contribution >= 0.6 is 11.6 Å². The van der Waals surface area contributed by atoms with Gasteiger partial charge in [0.25, 0.3) is 0 Å². The van der Waals surface area contributed by atoms with Gasteiger partial charge in [0.05, 0.1) is 17.5 Å². The van der Waals surface area contributed by atoms with Gasteiger partial charge in [0.15, 0.2) is 0 Å². The average Bonchev–Trinajstić information content (AvgIpc) is 2.28. The molecule has 0 amide bonds. The molecule has 0 aliphatic heterocycles. The Morgan fingerprint density at radius 2 is 1.94 bits per heavy atom. The van der Waals surface area contributed by atoms with Crippen LogP contribution in [0.5, 0.6) is 0 Å². The smallest absolute Gasteiger partial charge is 0.240 e. The van der Waals surface area contributed by atoms with Crippen molar-refractivity contribution in [1.29, 1.82) is 0 Å². The lowest BCUT2D eigenvalue weighted by Crippen LogP contribution is -2.39. The monoisotopic (exact) mass is 277 g/mol. The van der Waals surface area contributed by atoms with Crippen LogP contribution in [0.15, 0.2) is 29.2 Å². The Morgan fingerprint density at radius 3 is 2.41 bits per heavy atom. The van der Waals surface area contributed by atoms with Crippen molar-refractivity contribution in [2.75, 3.05) is 19.6 Å². The molecule has 1 N–H and O–H groups in total. The predicted molar refractivity (Wildman–Crippen MR) is 67.9 cm³/mol. The fourth-order valence-electron chi connectivity index (χ4n) is 1.32. The predicted octanol–water partition coefficient (Wildman–Crippen LogP) is 1.53. The zero-order valence-corrected chi connectivity index (χ0v) is 11.4. The number of nitrogens with one attached hydrogen (secondary N) is 1. The van der Waals surface area contributed by atoms with E-state index in [1.165, 1.54) is 7.11 Å². The Balaban J connectivity index is 2.84. The zero-order valence-electron chi connectivity index (χ0n) is 9.81. The lowest BCUT2D eigenvalue weighted by Gasteiger charge is -2.15. The third-order valence-corrected chi connectivity index (χ3v) is 4.12. The summed E-state index contributed by atoms with van der Waals surface area (Å²) in [4.78, 5) is 0.231. The minimum Gasteiger partial charge on any atom is -0.383 e. The van der Waals surface area contributed by atoms with Gasteiger partial charge in [-0.05, 0) is 19.1 Å². The molecular weight excluding hydrogens is 262 g/mol. The molecule has 1 atom stereocenters. The zero-order chi connectivity index (χ0) is 12.9. The molecule has 0 aliphatic carbocycles. The fraction of sp³-hybridized carbons (Fsp3) is 0.455. The van der Waals surface area contributed by atoms with Crippen molar-refractivity contribution < 1.29 is 13.2 Å². The van der Waals surface area contributed by atoms with Crippen molar-refractivity contribution in [2.45, 2.75) is 17.9 Å². The van der Waals surface area contributed by atoms with Crippen LogP contribution in [-0.4, -0.2) is 34.1 Å². The summed E-state index contributed by atoms with van der Waals surface area (Å²) >= 11 is 5.66. The van der Waals surface area contributed by atoms with Gasteiger partial charge in [0.1, 0.15) is 0 Å². The highest BCUT2D eigenvalue weighted by Crippen LogP contribution is 2.10. The summed E-state index contributed by atoms with van der Waals surface area (Å²) in [7, 11) is -2.03. The molecule has 0 radical (unpaired) electrons. The minimum absolute atomic E-state index is 0.166. The van der Waals surface area contributed by atoms with Crippen molar-refractivity contribution in [1.82, 2.24) is 4.72 Å². The van der Waals surface area contributed by atoms with Crippen LogP contribution in [0.25, 0.3) is 0 Å². The van der Waals surface area contributed by atoms with E-state index in [0.29, 0.717) is 0 Å². The Morgan fingerprint density at radius 1 is 1.35 bits per heavy atom. The summed E-state index contributed by atoms with van der Waals surface area (Å²) in [6.45, 7) is 2.14. The molecule has 0 saturated carbocycles. The van der Waals surface area contributed by atoms with Gasteiger partial charge in [0, 0.05) is 13.0 Å². The maximum atomic E-state index is 12.0. The summed E-state index contributed by atoms with van der Waals surface area (Å²) in [5.41, 5.74) is 1.01. The second-order valence-electron chi connectivity index (χ2n) is 3.74. The van der Waals surface area contributed by atoms with Crippen LogP contribution in [0.1, 0.15) is 5.56 Å². The van der Waals surface area contributed by atoms with E-state index in [0.717, 1.165) is 5.56 Å². The van der Waals surface area contributed by atoms with Crippen molar-refractivity contribution in [2.24, 2.45) is 0 Å². The van der Waals surface area contributed by atoms with Gasteiger partial charge in [-0.2, -0.15) is 0 Å². The molecule has 0 heterocycles. The molecule has 0 bridgehead atoms. The van der Waals surface area contributed by atoms with Gasteiger partial charge in [-0.25, -0.2) is 13.1 Å². The number of halogens is 1. The third-order valence-electron chi connectivity index (χ3n) is 2.21. The Labute approximate surface area is 107 Å². The number of alkyl halides is 1. The lowest BCUT2D eigenvalue weighted by atomic mass is 10.2. The van der Waals surface area contributed by atoms with Crippen LogP contribution in [0.4, 0.5) is 0 Å². The maximum Gasteiger partial charge on any atom is 0.240 e. The number of benzene rings is 1. The molecule has 0 saturated heterocycles. The van der Waals surface area contributed by atoms with Crippen LogP contribution < -0.4 is 4.72 Å². The van der Waals surface area contributed by atoms with E-state index in [9.17, 15) is 8.42 Å². The van der Waals surface area contributed by atoms with Gasteiger partial charge in [-0.1, -0.05) is 17.7 Å². The highest BCUT2D eigenvalue weighted by atomic mass is 35.5. The summed E-state index contributed by atoms with van der Waals surface area (Å²) in [6, 6.07) is 6.21. The van der Waals surface area contributed by atoms with Crippen molar-refractivity contribution in [3.05, 3.63) is 29.8 Å². The van der Waals surface area contributed by atoms with E-state index >= 15 is 0 Å². The standard InChI is InChI=1S/C11H16ClNO3S/c1-9-3-5-11(6-4-9)17(14,15)13-10(7-12)8-16-2/h3-6,10,13H,7-8H2,1-2H3. The number of ether oxygens (including phenoxy) is 1. The normalized spacial score (nSPS) is 13.6. The number of hydrogen-bond donors (Lipinski definition) is 1.